The maximum atomic E-state index is 13.4. The van der Waals surface area contributed by atoms with Crippen LogP contribution in [-0.4, -0.2) is 66.2 Å². The van der Waals surface area contributed by atoms with Crippen LogP contribution in [-0.2, 0) is 30.3 Å². The molecule has 4 rings (SSSR count). The Kier molecular flexibility index (Phi) is 9.02. The molecule has 0 aromatic heterocycles. The average Bonchev–Trinajstić information content (AvgIpc) is 2.78. The number of likely N-dealkylation sites (N-methyl/N-ethyl adjacent to an activating group) is 1. The zero-order valence-corrected chi connectivity index (χ0v) is 24.6. The van der Waals surface area contributed by atoms with Gasteiger partial charge in [-0.15, -0.1) is 0 Å². The number of esters is 1. The number of benzene rings is 1. The van der Waals surface area contributed by atoms with E-state index < -0.39 is 28.7 Å². The van der Waals surface area contributed by atoms with E-state index in [1.165, 1.54) is 12.0 Å². The van der Waals surface area contributed by atoms with Crippen molar-refractivity contribution in [3.8, 4) is 0 Å². The largest absolute Gasteiger partial charge is 0.469 e. The molecule has 2 N–H and O–H groups in total. The van der Waals surface area contributed by atoms with Crippen LogP contribution in [0.1, 0.15) is 72.8 Å². The highest BCUT2D eigenvalue weighted by atomic mass is 16.6. The Morgan fingerprint density at radius 1 is 1.03 bits per heavy atom. The van der Waals surface area contributed by atoms with Crippen LogP contribution in [0.5, 0.6) is 0 Å². The highest BCUT2D eigenvalue weighted by molar-refractivity contribution is 5.91. The second-order valence-electron chi connectivity index (χ2n) is 12.9. The Bertz CT molecular complexity index is 1040. The predicted molar refractivity (Wildman–Crippen MR) is 148 cm³/mol. The van der Waals surface area contributed by atoms with E-state index in [4.69, 9.17) is 9.47 Å². The Morgan fingerprint density at radius 2 is 1.62 bits per heavy atom. The molecule has 3 atom stereocenters. The summed E-state index contributed by atoms with van der Waals surface area (Å²) in [6.45, 7) is 11.0. The van der Waals surface area contributed by atoms with Crippen molar-refractivity contribution in [3.05, 3.63) is 35.9 Å². The number of hydrogen-bond donors (Lipinski definition) is 2. The molecule has 1 aromatic carbocycles. The molecule has 3 fully saturated rings. The maximum Gasteiger partial charge on any atom is 0.410 e. The van der Waals surface area contributed by atoms with Crippen LogP contribution in [0.25, 0.3) is 0 Å². The molecule has 0 heterocycles. The molecule has 3 aliphatic carbocycles. The Hall–Kier alpha value is -3.10. The fourth-order valence-electron chi connectivity index (χ4n) is 6.02. The zero-order valence-electron chi connectivity index (χ0n) is 24.6. The number of nitrogens with one attached hydrogen (secondary N) is 2. The molecule has 3 saturated carbocycles. The van der Waals surface area contributed by atoms with Crippen molar-refractivity contribution in [2.45, 2.75) is 96.9 Å². The lowest BCUT2D eigenvalue weighted by atomic mass is 9.39. The van der Waals surface area contributed by atoms with Crippen LogP contribution in [0.2, 0.25) is 0 Å². The molecule has 0 saturated heterocycles. The third-order valence-electron chi connectivity index (χ3n) is 7.80. The first-order valence-electron chi connectivity index (χ1n) is 13.8. The topological polar surface area (TPSA) is 114 Å². The number of rotatable bonds is 11. The number of ether oxygens (including phenoxy) is 2. The summed E-state index contributed by atoms with van der Waals surface area (Å²) in [6, 6.07) is 8.96. The van der Waals surface area contributed by atoms with Crippen LogP contribution < -0.4 is 10.6 Å². The minimum atomic E-state index is -0.686. The van der Waals surface area contributed by atoms with Gasteiger partial charge in [0.2, 0.25) is 11.8 Å². The van der Waals surface area contributed by atoms with Crippen molar-refractivity contribution in [1.29, 1.82) is 0 Å². The van der Waals surface area contributed by atoms with Crippen molar-refractivity contribution < 1.29 is 28.7 Å². The summed E-state index contributed by atoms with van der Waals surface area (Å²) >= 11 is 0. The molecule has 3 aliphatic rings. The molecular formula is C30H45N3O6. The third-order valence-corrected chi connectivity index (χ3v) is 7.80. The Labute approximate surface area is 232 Å². The standard InChI is InChI=1S/C30H45N3O6/c1-19(2)23(33(7)27(37)39-28(4,5)6)24(34)32-30-16-29(17-30,18-30)26(36)31-22(14-20(3)25(35)38-8)15-21-12-10-9-11-13-21/h9-13,19-20,22-23H,14-18H2,1-8H3,(H,31,36)(H,32,34)/t20-,22+,23-,29?,30?/m0/s1. The number of carbonyl (C=O) groups excluding carboxylic acids is 4. The second-order valence-corrected chi connectivity index (χ2v) is 12.9. The van der Waals surface area contributed by atoms with E-state index in [1.807, 2.05) is 44.2 Å². The number of hydrogen-bond acceptors (Lipinski definition) is 6. The number of amides is 3. The van der Waals surface area contributed by atoms with Crippen molar-refractivity contribution >= 4 is 23.9 Å². The van der Waals surface area contributed by atoms with Gasteiger partial charge >= 0.3 is 12.1 Å². The molecule has 0 aliphatic heterocycles. The SMILES string of the molecule is COC(=O)[C@@H](C)C[C@H](Cc1ccccc1)NC(=O)C12CC(NC(=O)[C@H](C(C)C)N(C)C(=O)OC(C)(C)C)(C1)C2. The van der Waals surface area contributed by atoms with Gasteiger partial charge in [0.15, 0.2) is 0 Å². The molecule has 0 unspecified atom stereocenters. The Balaban J connectivity index is 1.61. The number of methoxy groups -OCH3 is 1. The van der Waals surface area contributed by atoms with E-state index >= 15 is 0 Å². The molecule has 39 heavy (non-hydrogen) atoms. The van der Waals surface area contributed by atoms with Crippen molar-refractivity contribution in [3.63, 3.8) is 0 Å². The fourth-order valence-corrected chi connectivity index (χ4v) is 6.02. The molecule has 0 radical (unpaired) electrons. The molecule has 9 nitrogen and oxygen atoms in total. The lowest BCUT2D eigenvalue weighted by Crippen LogP contribution is -2.79. The second kappa shape index (κ2) is 11.6. The van der Waals surface area contributed by atoms with Crippen molar-refractivity contribution in [2.75, 3.05) is 14.2 Å². The Morgan fingerprint density at radius 3 is 2.13 bits per heavy atom. The highest BCUT2D eigenvalue weighted by Crippen LogP contribution is 2.67. The van der Waals surface area contributed by atoms with E-state index in [2.05, 4.69) is 10.6 Å². The number of carbonyl (C=O) groups is 4. The molecule has 216 valence electrons. The summed E-state index contributed by atoms with van der Waals surface area (Å²) in [5.41, 5.74) is -0.523. The summed E-state index contributed by atoms with van der Waals surface area (Å²) in [5, 5.41) is 6.33. The number of nitrogens with zero attached hydrogens (tertiary/aromatic N) is 1. The van der Waals surface area contributed by atoms with Crippen LogP contribution in [0.3, 0.4) is 0 Å². The summed E-state index contributed by atoms with van der Waals surface area (Å²) < 4.78 is 10.4. The van der Waals surface area contributed by atoms with Crippen LogP contribution in [0.15, 0.2) is 30.3 Å². The van der Waals surface area contributed by atoms with Gasteiger partial charge in [-0.1, -0.05) is 51.1 Å². The summed E-state index contributed by atoms with van der Waals surface area (Å²) in [6.07, 6.45) is 2.21. The van der Waals surface area contributed by atoms with Crippen LogP contribution >= 0.6 is 0 Å². The van der Waals surface area contributed by atoms with Gasteiger partial charge in [0.25, 0.3) is 0 Å². The van der Waals surface area contributed by atoms with E-state index in [9.17, 15) is 19.2 Å². The normalized spacial score (nSPS) is 23.8. The minimum absolute atomic E-state index is 0.0390. The predicted octanol–water partition coefficient (Wildman–Crippen LogP) is 3.84. The highest BCUT2D eigenvalue weighted by Gasteiger charge is 2.72. The molecule has 0 spiro atoms. The lowest BCUT2D eigenvalue weighted by molar-refractivity contribution is -0.185. The van der Waals surface area contributed by atoms with Gasteiger partial charge in [0.1, 0.15) is 11.6 Å². The quantitative estimate of drug-likeness (QED) is 0.410. The maximum absolute atomic E-state index is 13.4. The molecule has 1 aromatic rings. The van der Waals surface area contributed by atoms with Gasteiger partial charge in [-0.2, -0.15) is 0 Å². The van der Waals surface area contributed by atoms with Crippen molar-refractivity contribution in [1.82, 2.24) is 15.5 Å². The fraction of sp³-hybridized carbons (Fsp3) is 0.667. The first-order valence-corrected chi connectivity index (χ1v) is 13.8. The zero-order chi connectivity index (χ0) is 29.2. The smallest absolute Gasteiger partial charge is 0.410 e. The van der Waals surface area contributed by atoms with Gasteiger partial charge in [-0.3, -0.25) is 19.3 Å². The average molecular weight is 544 g/mol. The molecular weight excluding hydrogens is 498 g/mol. The van der Waals surface area contributed by atoms with Gasteiger partial charge in [-0.05, 0) is 64.4 Å². The first-order chi connectivity index (χ1) is 18.1. The summed E-state index contributed by atoms with van der Waals surface area (Å²) in [7, 11) is 2.95. The van der Waals surface area contributed by atoms with Gasteiger partial charge in [-0.25, -0.2) is 4.79 Å². The van der Waals surface area contributed by atoms with Gasteiger partial charge in [0.05, 0.1) is 18.4 Å². The molecule has 9 heteroatoms. The van der Waals surface area contributed by atoms with Crippen LogP contribution in [0.4, 0.5) is 4.79 Å². The van der Waals surface area contributed by atoms with E-state index in [0.29, 0.717) is 32.1 Å². The first kappa shape index (κ1) is 30.4. The van der Waals surface area contributed by atoms with Gasteiger partial charge in [0, 0.05) is 18.6 Å². The summed E-state index contributed by atoms with van der Waals surface area (Å²) in [4.78, 5) is 52.7. The van der Waals surface area contributed by atoms with E-state index in [0.717, 1.165) is 5.56 Å². The van der Waals surface area contributed by atoms with Crippen LogP contribution in [0, 0.1) is 17.3 Å². The monoisotopic (exact) mass is 543 g/mol. The minimum Gasteiger partial charge on any atom is -0.469 e. The molecule has 2 bridgehead atoms. The van der Waals surface area contributed by atoms with Crippen molar-refractivity contribution in [2.24, 2.45) is 17.3 Å². The third kappa shape index (κ3) is 7.11. The lowest BCUT2D eigenvalue weighted by Gasteiger charge is -2.69. The summed E-state index contributed by atoms with van der Waals surface area (Å²) in [5.74, 6) is -1.05. The van der Waals surface area contributed by atoms with E-state index in [1.54, 1.807) is 34.7 Å². The van der Waals surface area contributed by atoms with E-state index in [-0.39, 0.29) is 35.7 Å². The molecule has 3 amide bonds. The van der Waals surface area contributed by atoms with Gasteiger partial charge < -0.3 is 20.1 Å².